The minimum atomic E-state index is -0.318. The summed E-state index contributed by atoms with van der Waals surface area (Å²) in [6.45, 7) is 6.56. The van der Waals surface area contributed by atoms with Crippen molar-refractivity contribution in [3.63, 3.8) is 0 Å². The molecular formula is C10H16N2O2. The van der Waals surface area contributed by atoms with Gasteiger partial charge in [-0.15, -0.1) is 0 Å². The van der Waals surface area contributed by atoms with E-state index in [1.807, 2.05) is 0 Å². The van der Waals surface area contributed by atoms with Crippen molar-refractivity contribution in [1.29, 1.82) is 0 Å². The monoisotopic (exact) mass is 196 g/mol. The zero-order chi connectivity index (χ0) is 10.7. The molecule has 1 aromatic heterocycles. The fraction of sp³-hybridized carbons (Fsp3) is 0.600. The first-order valence-corrected chi connectivity index (χ1v) is 4.81. The zero-order valence-electron chi connectivity index (χ0n) is 8.83. The van der Waals surface area contributed by atoms with Crippen LogP contribution in [0.4, 0.5) is 0 Å². The summed E-state index contributed by atoms with van der Waals surface area (Å²) >= 11 is 0. The summed E-state index contributed by atoms with van der Waals surface area (Å²) in [5.41, 5.74) is -0.0367. The minimum Gasteiger partial charge on any atom is -0.300 e. The van der Waals surface area contributed by atoms with Crippen LogP contribution in [0.5, 0.6) is 0 Å². The minimum absolute atomic E-state index is 0.296. The van der Waals surface area contributed by atoms with Crippen molar-refractivity contribution in [2.24, 2.45) is 5.92 Å². The Kier molecular flexibility index (Phi) is 3.28. The Morgan fingerprint density at radius 3 is 2.64 bits per heavy atom. The lowest BCUT2D eigenvalue weighted by Crippen LogP contribution is -2.31. The normalized spacial score (nSPS) is 10.9. The third kappa shape index (κ3) is 2.58. The second-order valence-electron chi connectivity index (χ2n) is 3.95. The first-order chi connectivity index (χ1) is 6.50. The van der Waals surface area contributed by atoms with Crippen LogP contribution < -0.4 is 11.2 Å². The molecule has 4 heteroatoms. The fourth-order valence-electron chi connectivity index (χ4n) is 1.18. The molecule has 0 fully saturated rings. The number of H-pyrrole nitrogens is 1. The van der Waals surface area contributed by atoms with Crippen LogP contribution in [0.2, 0.25) is 0 Å². The van der Waals surface area contributed by atoms with E-state index >= 15 is 0 Å². The van der Waals surface area contributed by atoms with Crippen LogP contribution in [0, 0.1) is 12.8 Å². The highest BCUT2D eigenvalue weighted by Gasteiger charge is 2.01. The maximum atomic E-state index is 11.3. The number of aryl methyl sites for hydroxylation is 2. The molecule has 0 aliphatic carbocycles. The largest absolute Gasteiger partial charge is 0.328 e. The van der Waals surface area contributed by atoms with Gasteiger partial charge < -0.3 is 4.57 Å². The summed E-state index contributed by atoms with van der Waals surface area (Å²) in [4.78, 5) is 24.7. The van der Waals surface area contributed by atoms with Crippen LogP contribution >= 0.6 is 0 Å². The van der Waals surface area contributed by atoms with Gasteiger partial charge >= 0.3 is 5.69 Å². The summed E-state index contributed by atoms with van der Waals surface area (Å²) in [5, 5.41) is 0. The number of hydrogen-bond donors (Lipinski definition) is 1. The lowest BCUT2D eigenvalue weighted by Gasteiger charge is -2.07. The van der Waals surface area contributed by atoms with Crippen molar-refractivity contribution in [2.45, 2.75) is 33.7 Å². The number of hydrogen-bond acceptors (Lipinski definition) is 2. The Hall–Kier alpha value is -1.32. The van der Waals surface area contributed by atoms with Crippen molar-refractivity contribution in [3.8, 4) is 0 Å². The molecule has 0 saturated carbocycles. The molecule has 1 aromatic rings. The van der Waals surface area contributed by atoms with Gasteiger partial charge in [0.2, 0.25) is 0 Å². The molecule has 0 saturated heterocycles. The molecule has 4 nitrogen and oxygen atoms in total. The Morgan fingerprint density at radius 2 is 2.07 bits per heavy atom. The molecule has 14 heavy (non-hydrogen) atoms. The maximum absolute atomic E-state index is 11.3. The van der Waals surface area contributed by atoms with Gasteiger partial charge in [0.25, 0.3) is 5.56 Å². The topological polar surface area (TPSA) is 54.9 Å². The first-order valence-electron chi connectivity index (χ1n) is 4.81. The van der Waals surface area contributed by atoms with Crippen molar-refractivity contribution >= 4 is 0 Å². The number of nitrogens with zero attached hydrogens (tertiary/aromatic N) is 1. The lowest BCUT2D eigenvalue weighted by atomic mass is 10.1. The third-order valence-corrected chi connectivity index (χ3v) is 2.14. The number of rotatable bonds is 3. The van der Waals surface area contributed by atoms with E-state index in [0.717, 1.165) is 6.42 Å². The SMILES string of the molecule is Cc1cn(CCC(C)C)c(=O)[nH]c1=O. The van der Waals surface area contributed by atoms with E-state index in [-0.39, 0.29) is 11.2 Å². The Bertz CT molecular complexity index is 415. The molecule has 0 radical (unpaired) electrons. The average molecular weight is 196 g/mol. The van der Waals surface area contributed by atoms with Gasteiger partial charge in [-0.2, -0.15) is 0 Å². The summed E-state index contributed by atoms with van der Waals surface area (Å²) < 4.78 is 1.55. The molecule has 0 bridgehead atoms. The van der Waals surface area contributed by atoms with Crippen LogP contribution in [0.15, 0.2) is 15.8 Å². The van der Waals surface area contributed by atoms with Crippen LogP contribution in [-0.4, -0.2) is 9.55 Å². The van der Waals surface area contributed by atoms with Crippen molar-refractivity contribution in [2.75, 3.05) is 0 Å². The lowest BCUT2D eigenvalue weighted by molar-refractivity contribution is 0.500. The van der Waals surface area contributed by atoms with Crippen LogP contribution in [0.25, 0.3) is 0 Å². The van der Waals surface area contributed by atoms with Crippen molar-refractivity contribution in [1.82, 2.24) is 9.55 Å². The van der Waals surface area contributed by atoms with Gasteiger partial charge in [0, 0.05) is 18.3 Å². The molecule has 0 aliphatic heterocycles. The van der Waals surface area contributed by atoms with Crippen LogP contribution in [-0.2, 0) is 6.54 Å². The standard InChI is InChI=1S/C10H16N2O2/c1-7(2)4-5-12-6-8(3)9(13)11-10(12)14/h6-7H,4-5H2,1-3H3,(H,11,13,14). The molecule has 0 atom stereocenters. The van der Waals surface area contributed by atoms with Crippen molar-refractivity contribution < 1.29 is 0 Å². The van der Waals surface area contributed by atoms with E-state index in [0.29, 0.717) is 18.0 Å². The highest BCUT2D eigenvalue weighted by molar-refractivity contribution is 5.00. The highest BCUT2D eigenvalue weighted by atomic mass is 16.2. The second-order valence-corrected chi connectivity index (χ2v) is 3.95. The van der Waals surface area contributed by atoms with Gasteiger partial charge in [0.15, 0.2) is 0 Å². The molecular weight excluding hydrogens is 180 g/mol. The predicted octanol–water partition coefficient (Wildman–Crippen LogP) is 0.891. The maximum Gasteiger partial charge on any atom is 0.328 e. The molecule has 0 spiro atoms. The first kappa shape index (κ1) is 10.8. The van der Waals surface area contributed by atoms with Gasteiger partial charge in [-0.05, 0) is 19.3 Å². The van der Waals surface area contributed by atoms with E-state index in [1.165, 1.54) is 0 Å². The van der Waals surface area contributed by atoms with Gasteiger partial charge in [-0.3, -0.25) is 9.78 Å². The molecule has 1 N–H and O–H groups in total. The molecule has 0 aliphatic rings. The van der Waals surface area contributed by atoms with E-state index in [1.54, 1.807) is 17.7 Å². The molecule has 78 valence electrons. The van der Waals surface area contributed by atoms with E-state index < -0.39 is 0 Å². The number of aromatic nitrogens is 2. The van der Waals surface area contributed by atoms with Crippen LogP contribution in [0.3, 0.4) is 0 Å². The Morgan fingerprint density at radius 1 is 1.43 bits per heavy atom. The van der Waals surface area contributed by atoms with Gasteiger partial charge in [-0.25, -0.2) is 4.79 Å². The molecule has 1 rings (SSSR count). The average Bonchev–Trinajstić information content (AvgIpc) is 2.09. The van der Waals surface area contributed by atoms with E-state index in [4.69, 9.17) is 0 Å². The third-order valence-electron chi connectivity index (χ3n) is 2.14. The van der Waals surface area contributed by atoms with E-state index in [2.05, 4.69) is 18.8 Å². The van der Waals surface area contributed by atoms with Gasteiger partial charge in [-0.1, -0.05) is 13.8 Å². The Labute approximate surface area is 82.6 Å². The quantitative estimate of drug-likeness (QED) is 0.780. The van der Waals surface area contributed by atoms with E-state index in [9.17, 15) is 9.59 Å². The molecule has 1 heterocycles. The summed E-state index contributed by atoms with van der Waals surface area (Å²) in [6.07, 6.45) is 2.55. The Balaban J connectivity index is 2.93. The molecule has 0 amide bonds. The molecule has 0 aromatic carbocycles. The number of aromatic amines is 1. The fourth-order valence-corrected chi connectivity index (χ4v) is 1.18. The predicted molar refractivity (Wildman–Crippen MR) is 55.5 cm³/mol. The van der Waals surface area contributed by atoms with Gasteiger partial charge in [0.05, 0.1) is 0 Å². The van der Waals surface area contributed by atoms with Crippen LogP contribution in [0.1, 0.15) is 25.8 Å². The zero-order valence-corrected chi connectivity index (χ0v) is 8.83. The summed E-state index contributed by atoms with van der Waals surface area (Å²) in [7, 11) is 0. The van der Waals surface area contributed by atoms with Gasteiger partial charge in [0.1, 0.15) is 0 Å². The molecule has 0 unspecified atom stereocenters. The highest BCUT2D eigenvalue weighted by Crippen LogP contribution is 2.00. The second kappa shape index (κ2) is 4.26. The summed E-state index contributed by atoms with van der Waals surface area (Å²) in [6, 6.07) is 0. The number of nitrogens with one attached hydrogen (secondary N) is 1. The smallest absolute Gasteiger partial charge is 0.300 e. The van der Waals surface area contributed by atoms with Crippen molar-refractivity contribution in [3.05, 3.63) is 32.6 Å². The summed E-state index contributed by atoms with van der Waals surface area (Å²) in [5.74, 6) is 0.550.